The predicted octanol–water partition coefficient (Wildman–Crippen LogP) is 1.70. The SMILES string of the molecule is NCc1ccc(OCCOc2ccccc2C(N)=O)cc1. The number of primary amides is 1. The van der Waals surface area contributed by atoms with Crippen LogP contribution < -0.4 is 20.9 Å². The summed E-state index contributed by atoms with van der Waals surface area (Å²) in [6.45, 7) is 1.20. The lowest BCUT2D eigenvalue weighted by Crippen LogP contribution is -2.15. The van der Waals surface area contributed by atoms with Gasteiger partial charge in [0.25, 0.3) is 5.91 Å². The molecule has 0 heterocycles. The number of para-hydroxylation sites is 1. The summed E-state index contributed by atoms with van der Waals surface area (Å²) in [5.74, 6) is 0.704. The molecule has 21 heavy (non-hydrogen) atoms. The molecule has 0 radical (unpaired) electrons. The number of carbonyl (C=O) groups is 1. The monoisotopic (exact) mass is 286 g/mol. The van der Waals surface area contributed by atoms with Crippen molar-refractivity contribution in [3.05, 3.63) is 59.7 Å². The molecule has 4 N–H and O–H groups in total. The Morgan fingerprint density at radius 3 is 2.29 bits per heavy atom. The van der Waals surface area contributed by atoms with E-state index in [1.807, 2.05) is 24.3 Å². The zero-order chi connectivity index (χ0) is 15.1. The molecule has 5 nitrogen and oxygen atoms in total. The van der Waals surface area contributed by atoms with Gasteiger partial charge in [-0.15, -0.1) is 0 Å². The molecule has 1 amide bonds. The summed E-state index contributed by atoms with van der Waals surface area (Å²) in [6, 6.07) is 14.4. The quantitative estimate of drug-likeness (QED) is 0.758. The van der Waals surface area contributed by atoms with Crippen LogP contribution >= 0.6 is 0 Å². The van der Waals surface area contributed by atoms with Crippen molar-refractivity contribution in [3.63, 3.8) is 0 Å². The summed E-state index contributed by atoms with van der Waals surface area (Å²) in [6.07, 6.45) is 0. The molecule has 0 fully saturated rings. The Labute approximate surface area is 123 Å². The van der Waals surface area contributed by atoms with Crippen molar-refractivity contribution < 1.29 is 14.3 Å². The molecule has 2 aromatic rings. The van der Waals surface area contributed by atoms with E-state index in [0.29, 0.717) is 31.1 Å². The summed E-state index contributed by atoms with van der Waals surface area (Å²) in [5, 5.41) is 0. The molecule has 0 bridgehead atoms. The largest absolute Gasteiger partial charge is 0.490 e. The third kappa shape index (κ3) is 4.22. The van der Waals surface area contributed by atoms with Crippen LogP contribution in [0.25, 0.3) is 0 Å². The average molecular weight is 286 g/mol. The van der Waals surface area contributed by atoms with Crippen molar-refractivity contribution in [2.45, 2.75) is 6.54 Å². The molecule has 2 rings (SSSR count). The van der Waals surface area contributed by atoms with E-state index >= 15 is 0 Å². The fraction of sp³-hybridized carbons (Fsp3) is 0.188. The van der Waals surface area contributed by atoms with Crippen molar-refractivity contribution in [2.24, 2.45) is 11.5 Å². The summed E-state index contributed by atoms with van der Waals surface area (Å²) >= 11 is 0. The van der Waals surface area contributed by atoms with Crippen LogP contribution in [0.5, 0.6) is 11.5 Å². The van der Waals surface area contributed by atoms with Crippen LogP contribution in [0.2, 0.25) is 0 Å². The molecule has 0 unspecified atom stereocenters. The van der Waals surface area contributed by atoms with Crippen LogP contribution in [0.1, 0.15) is 15.9 Å². The molecule has 0 aromatic heterocycles. The fourth-order valence-electron chi connectivity index (χ4n) is 1.83. The number of nitrogens with two attached hydrogens (primary N) is 2. The Balaban J connectivity index is 1.83. The second-order valence-electron chi connectivity index (χ2n) is 4.41. The van der Waals surface area contributed by atoms with E-state index in [0.717, 1.165) is 11.3 Å². The second-order valence-corrected chi connectivity index (χ2v) is 4.41. The van der Waals surface area contributed by atoms with Crippen molar-refractivity contribution in [1.82, 2.24) is 0 Å². The molecule has 0 aliphatic rings. The smallest absolute Gasteiger partial charge is 0.252 e. The van der Waals surface area contributed by atoms with Crippen LogP contribution in [0.3, 0.4) is 0 Å². The second kappa shape index (κ2) is 7.31. The van der Waals surface area contributed by atoms with E-state index in [-0.39, 0.29) is 0 Å². The molecule has 0 spiro atoms. The van der Waals surface area contributed by atoms with Gasteiger partial charge < -0.3 is 20.9 Å². The summed E-state index contributed by atoms with van der Waals surface area (Å²) in [7, 11) is 0. The number of carbonyl (C=O) groups excluding carboxylic acids is 1. The van der Waals surface area contributed by atoms with Gasteiger partial charge in [-0.25, -0.2) is 0 Å². The predicted molar refractivity (Wildman–Crippen MR) is 80.3 cm³/mol. The van der Waals surface area contributed by atoms with Gasteiger partial charge in [0.2, 0.25) is 0 Å². The first-order valence-electron chi connectivity index (χ1n) is 6.64. The lowest BCUT2D eigenvalue weighted by atomic mass is 10.2. The van der Waals surface area contributed by atoms with Crippen LogP contribution in [-0.2, 0) is 6.54 Å². The van der Waals surface area contributed by atoms with Gasteiger partial charge in [0.15, 0.2) is 0 Å². The van der Waals surface area contributed by atoms with Gasteiger partial charge in [-0.05, 0) is 29.8 Å². The number of benzene rings is 2. The molecule has 0 atom stereocenters. The Hall–Kier alpha value is -2.53. The number of hydrogen-bond acceptors (Lipinski definition) is 4. The molecule has 0 aliphatic carbocycles. The van der Waals surface area contributed by atoms with E-state index in [1.54, 1.807) is 24.3 Å². The Bertz CT molecular complexity index is 597. The van der Waals surface area contributed by atoms with Crippen LogP contribution in [-0.4, -0.2) is 19.1 Å². The van der Waals surface area contributed by atoms with Crippen LogP contribution in [0, 0.1) is 0 Å². The van der Waals surface area contributed by atoms with Gasteiger partial charge in [-0.2, -0.15) is 0 Å². The Morgan fingerprint density at radius 2 is 1.62 bits per heavy atom. The van der Waals surface area contributed by atoms with Crippen molar-refractivity contribution >= 4 is 5.91 Å². The minimum Gasteiger partial charge on any atom is -0.490 e. The highest BCUT2D eigenvalue weighted by molar-refractivity contribution is 5.95. The molecule has 5 heteroatoms. The maximum absolute atomic E-state index is 11.2. The lowest BCUT2D eigenvalue weighted by molar-refractivity contribution is 0.0995. The maximum Gasteiger partial charge on any atom is 0.252 e. The molecule has 0 saturated carbocycles. The standard InChI is InChI=1S/C16H18N2O3/c17-11-12-5-7-13(8-6-12)20-9-10-21-15-4-2-1-3-14(15)16(18)19/h1-8H,9-11,17H2,(H2,18,19). The molecule has 2 aromatic carbocycles. The number of amides is 1. The minimum atomic E-state index is -0.510. The van der Waals surface area contributed by atoms with Crippen molar-refractivity contribution in [3.8, 4) is 11.5 Å². The average Bonchev–Trinajstić information content (AvgIpc) is 2.52. The van der Waals surface area contributed by atoms with Crippen LogP contribution in [0.4, 0.5) is 0 Å². The first-order valence-corrected chi connectivity index (χ1v) is 6.64. The first-order chi connectivity index (χ1) is 10.2. The Kier molecular flexibility index (Phi) is 5.17. The third-order valence-electron chi connectivity index (χ3n) is 2.92. The number of hydrogen-bond donors (Lipinski definition) is 2. The molecular formula is C16H18N2O3. The van der Waals surface area contributed by atoms with E-state index in [2.05, 4.69) is 0 Å². The third-order valence-corrected chi connectivity index (χ3v) is 2.92. The number of rotatable bonds is 7. The van der Waals surface area contributed by atoms with E-state index in [9.17, 15) is 4.79 Å². The van der Waals surface area contributed by atoms with E-state index < -0.39 is 5.91 Å². The highest BCUT2D eigenvalue weighted by atomic mass is 16.5. The van der Waals surface area contributed by atoms with Crippen LogP contribution in [0.15, 0.2) is 48.5 Å². The lowest BCUT2D eigenvalue weighted by Gasteiger charge is -2.10. The van der Waals surface area contributed by atoms with Gasteiger partial charge in [0.05, 0.1) is 5.56 Å². The van der Waals surface area contributed by atoms with Gasteiger partial charge in [0.1, 0.15) is 24.7 Å². The molecule has 0 aliphatic heterocycles. The normalized spacial score (nSPS) is 10.1. The number of ether oxygens (including phenoxy) is 2. The highest BCUT2D eigenvalue weighted by Crippen LogP contribution is 2.17. The Morgan fingerprint density at radius 1 is 0.952 bits per heavy atom. The fourth-order valence-corrected chi connectivity index (χ4v) is 1.83. The summed E-state index contributed by atoms with van der Waals surface area (Å²) in [4.78, 5) is 11.2. The van der Waals surface area contributed by atoms with Crippen molar-refractivity contribution in [1.29, 1.82) is 0 Å². The summed E-state index contributed by atoms with van der Waals surface area (Å²) in [5.41, 5.74) is 12.2. The van der Waals surface area contributed by atoms with Gasteiger partial charge in [-0.1, -0.05) is 24.3 Å². The highest BCUT2D eigenvalue weighted by Gasteiger charge is 2.07. The van der Waals surface area contributed by atoms with Gasteiger partial charge in [-0.3, -0.25) is 4.79 Å². The topological polar surface area (TPSA) is 87.6 Å². The molecular weight excluding hydrogens is 268 g/mol. The molecule has 110 valence electrons. The summed E-state index contributed by atoms with van der Waals surface area (Å²) < 4.78 is 11.1. The van der Waals surface area contributed by atoms with Gasteiger partial charge >= 0.3 is 0 Å². The van der Waals surface area contributed by atoms with Gasteiger partial charge in [0, 0.05) is 6.54 Å². The zero-order valence-corrected chi connectivity index (χ0v) is 11.6. The maximum atomic E-state index is 11.2. The molecule has 0 saturated heterocycles. The minimum absolute atomic E-state index is 0.322. The van der Waals surface area contributed by atoms with Crippen molar-refractivity contribution in [2.75, 3.05) is 13.2 Å². The van der Waals surface area contributed by atoms with E-state index in [1.165, 1.54) is 0 Å². The van der Waals surface area contributed by atoms with E-state index in [4.69, 9.17) is 20.9 Å². The zero-order valence-electron chi connectivity index (χ0n) is 11.6. The first kappa shape index (κ1) is 14.9.